The van der Waals surface area contributed by atoms with Crippen LogP contribution in [0.5, 0.6) is 0 Å². The van der Waals surface area contributed by atoms with Gasteiger partial charge in [0.15, 0.2) is 0 Å². The van der Waals surface area contributed by atoms with Gasteiger partial charge in [0.05, 0.1) is 12.1 Å². The zero-order valence-corrected chi connectivity index (χ0v) is 13.5. The molecule has 0 aliphatic heterocycles. The predicted molar refractivity (Wildman–Crippen MR) is 81.1 cm³/mol. The summed E-state index contributed by atoms with van der Waals surface area (Å²) < 4.78 is 1.07. The molecule has 1 aliphatic carbocycles. The fourth-order valence-electron chi connectivity index (χ4n) is 2.34. The van der Waals surface area contributed by atoms with Crippen LogP contribution in [0.15, 0.2) is 15.9 Å². The van der Waals surface area contributed by atoms with Gasteiger partial charge in [-0.25, -0.2) is 0 Å². The first-order valence-electron chi connectivity index (χ1n) is 5.79. The summed E-state index contributed by atoms with van der Waals surface area (Å²) in [4.78, 5) is 15.2. The summed E-state index contributed by atoms with van der Waals surface area (Å²) in [5.74, 6) is 0.0829. The van der Waals surface area contributed by atoms with Gasteiger partial charge in [-0.3, -0.25) is 4.79 Å². The minimum Gasteiger partial charge on any atom is -0.339 e. The van der Waals surface area contributed by atoms with E-state index >= 15 is 0 Å². The molecule has 1 aromatic heterocycles. The summed E-state index contributed by atoms with van der Waals surface area (Å²) in [6.45, 7) is 0.647. The van der Waals surface area contributed by atoms with Crippen LogP contribution in [-0.4, -0.2) is 23.4 Å². The first-order valence-corrected chi connectivity index (χ1v) is 7.46. The van der Waals surface area contributed by atoms with Crippen LogP contribution < -0.4 is 5.73 Å². The van der Waals surface area contributed by atoms with E-state index in [-0.39, 0.29) is 18.3 Å². The van der Waals surface area contributed by atoms with Crippen molar-refractivity contribution in [3.63, 3.8) is 0 Å². The molecule has 0 radical (unpaired) electrons. The number of likely N-dealkylation sites (N-methyl/N-ethyl adjacent to an activating group) is 1. The van der Waals surface area contributed by atoms with Crippen molar-refractivity contribution in [2.45, 2.75) is 37.8 Å². The minimum absolute atomic E-state index is 0. The molecule has 1 fully saturated rings. The molecule has 1 heterocycles. The highest BCUT2D eigenvalue weighted by Gasteiger charge is 2.38. The molecule has 2 rings (SSSR count). The Morgan fingerprint density at radius 2 is 2.17 bits per heavy atom. The van der Waals surface area contributed by atoms with E-state index in [9.17, 15) is 4.79 Å². The van der Waals surface area contributed by atoms with Crippen molar-refractivity contribution < 1.29 is 4.79 Å². The van der Waals surface area contributed by atoms with Gasteiger partial charge >= 0.3 is 0 Å². The molecule has 2 N–H and O–H groups in total. The largest absolute Gasteiger partial charge is 0.339 e. The fourth-order valence-corrected chi connectivity index (χ4v) is 3.85. The molecule has 0 atom stereocenters. The third-order valence-corrected chi connectivity index (χ3v) is 4.97. The molecule has 18 heavy (non-hydrogen) atoms. The fraction of sp³-hybridized carbons (Fsp3) is 0.583. The van der Waals surface area contributed by atoms with Gasteiger partial charge in [-0.15, -0.1) is 23.7 Å². The quantitative estimate of drug-likeness (QED) is 0.907. The van der Waals surface area contributed by atoms with Crippen LogP contribution in [0.2, 0.25) is 0 Å². The highest BCUT2D eigenvalue weighted by atomic mass is 79.9. The van der Waals surface area contributed by atoms with Crippen molar-refractivity contribution in [2.24, 2.45) is 5.73 Å². The molecule has 1 aliphatic rings. The summed E-state index contributed by atoms with van der Waals surface area (Å²) in [6.07, 6.45) is 3.79. The second-order valence-electron chi connectivity index (χ2n) is 4.76. The van der Waals surface area contributed by atoms with Crippen LogP contribution in [0.25, 0.3) is 0 Å². The Morgan fingerprint density at radius 1 is 1.56 bits per heavy atom. The van der Waals surface area contributed by atoms with Crippen molar-refractivity contribution >= 4 is 45.6 Å². The van der Waals surface area contributed by atoms with Gasteiger partial charge in [-0.2, -0.15) is 0 Å². The van der Waals surface area contributed by atoms with Crippen LogP contribution in [0.1, 0.15) is 30.6 Å². The second kappa shape index (κ2) is 6.37. The summed E-state index contributed by atoms with van der Waals surface area (Å²) >= 11 is 5.07. The van der Waals surface area contributed by atoms with E-state index in [4.69, 9.17) is 5.73 Å². The van der Waals surface area contributed by atoms with Crippen molar-refractivity contribution in [3.8, 4) is 0 Å². The molecule has 1 aromatic rings. The monoisotopic (exact) mass is 352 g/mol. The number of amides is 1. The molecular weight excluding hydrogens is 336 g/mol. The molecule has 0 bridgehead atoms. The van der Waals surface area contributed by atoms with E-state index in [1.54, 1.807) is 16.2 Å². The number of nitrogens with two attached hydrogens (primary N) is 1. The molecule has 1 saturated carbocycles. The van der Waals surface area contributed by atoms with Crippen molar-refractivity contribution in [2.75, 3.05) is 7.05 Å². The zero-order valence-electron chi connectivity index (χ0n) is 10.3. The number of thiophene rings is 1. The van der Waals surface area contributed by atoms with E-state index in [1.165, 1.54) is 4.88 Å². The number of halogens is 2. The van der Waals surface area contributed by atoms with Gasteiger partial charge in [0.25, 0.3) is 0 Å². The Labute approximate surface area is 126 Å². The maximum Gasteiger partial charge on any atom is 0.242 e. The third-order valence-electron chi connectivity index (χ3n) is 3.28. The van der Waals surface area contributed by atoms with Crippen molar-refractivity contribution in [3.05, 3.63) is 20.8 Å². The molecular formula is C12H18BrClN2OS. The second-order valence-corrected chi connectivity index (χ2v) is 6.67. The number of rotatable bonds is 3. The Morgan fingerprint density at radius 3 is 2.67 bits per heavy atom. The van der Waals surface area contributed by atoms with Crippen molar-refractivity contribution in [1.29, 1.82) is 0 Å². The molecule has 0 aromatic carbocycles. The van der Waals surface area contributed by atoms with Gasteiger partial charge in [-0.05, 0) is 34.8 Å². The number of nitrogens with zero attached hydrogens (tertiary/aromatic N) is 1. The van der Waals surface area contributed by atoms with Crippen LogP contribution in [-0.2, 0) is 11.3 Å². The topological polar surface area (TPSA) is 46.3 Å². The Hall–Kier alpha value is -0.100. The van der Waals surface area contributed by atoms with Crippen LogP contribution >= 0.6 is 39.7 Å². The number of hydrogen-bond donors (Lipinski definition) is 1. The maximum atomic E-state index is 12.3. The maximum absolute atomic E-state index is 12.3. The van der Waals surface area contributed by atoms with E-state index in [2.05, 4.69) is 15.9 Å². The molecule has 0 spiro atoms. The Balaban J connectivity index is 0.00000162. The molecule has 0 unspecified atom stereocenters. The number of hydrogen-bond acceptors (Lipinski definition) is 3. The van der Waals surface area contributed by atoms with Gasteiger partial charge in [-0.1, -0.05) is 12.8 Å². The van der Waals surface area contributed by atoms with Crippen LogP contribution in [0.4, 0.5) is 0 Å². The SMILES string of the molecule is CN(Cc1cc(Br)cs1)C(=O)C1(N)CCCC1.Cl. The van der Waals surface area contributed by atoms with Crippen LogP contribution in [0.3, 0.4) is 0 Å². The third kappa shape index (κ3) is 3.47. The minimum atomic E-state index is -0.608. The standard InChI is InChI=1S/C12H17BrN2OS.ClH/c1-15(7-10-6-9(13)8-17-10)11(16)12(14)4-2-3-5-12;/h6,8H,2-5,7,14H2,1H3;1H. The molecule has 1 amide bonds. The lowest BCUT2D eigenvalue weighted by atomic mass is 9.97. The lowest BCUT2D eigenvalue weighted by molar-refractivity contribution is -0.136. The first-order chi connectivity index (χ1) is 8.01. The highest BCUT2D eigenvalue weighted by Crippen LogP contribution is 2.29. The van der Waals surface area contributed by atoms with Gasteiger partial charge < -0.3 is 10.6 Å². The number of carbonyl (C=O) groups excluding carboxylic acids is 1. The molecule has 3 nitrogen and oxygen atoms in total. The smallest absolute Gasteiger partial charge is 0.242 e. The van der Waals surface area contributed by atoms with Gasteiger partial charge in [0.2, 0.25) is 5.91 Å². The average molecular weight is 354 g/mol. The summed E-state index contributed by atoms with van der Waals surface area (Å²) in [7, 11) is 1.84. The Bertz CT molecular complexity index is 418. The van der Waals surface area contributed by atoms with E-state index in [1.807, 2.05) is 18.5 Å². The first kappa shape index (κ1) is 16.0. The zero-order chi connectivity index (χ0) is 12.5. The Kier molecular flexibility index (Phi) is 5.65. The van der Waals surface area contributed by atoms with Gasteiger partial charge in [0, 0.05) is 21.8 Å². The normalized spacial score (nSPS) is 17.3. The molecule has 102 valence electrons. The lowest BCUT2D eigenvalue weighted by Gasteiger charge is -2.28. The van der Waals surface area contributed by atoms with Crippen molar-refractivity contribution in [1.82, 2.24) is 4.90 Å². The highest BCUT2D eigenvalue weighted by molar-refractivity contribution is 9.10. The summed E-state index contributed by atoms with van der Waals surface area (Å²) in [5.41, 5.74) is 5.56. The summed E-state index contributed by atoms with van der Waals surface area (Å²) in [6, 6.07) is 2.05. The van der Waals surface area contributed by atoms with E-state index in [0.717, 1.165) is 30.2 Å². The summed E-state index contributed by atoms with van der Waals surface area (Å²) in [5, 5.41) is 2.03. The predicted octanol–water partition coefficient (Wildman–Crippen LogP) is 3.16. The average Bonchev–Trinajstić information content (AvgIpc) is 2.88. The van der Waals surface area contributed by atoms with E-state index < -0.39 is 5.54 Å². The molecule has 6 heteroatoms. The van der Waals surface area contributed by atoms with Gasteiger partial charge in [0.1, 0.15) is 0 Å². The van der Waals surface area contributed by atoms with E-state index in [0.29, 0.717) is 6.54 Å². The molecule has 0 saturated heterocycles. The number of carbonyl (C=O) groups is 1. The van der Waals surface area contributed by atoms with Crippen LogP contribution in [0, 0.1) is 0 Å². The lowest BCUT2D eigenvalue weighted by Crippen LogP contribution is -2.52.